The van der Waals surface area contributed by atoms with Crippen molar-refractivity contribution >= 4 is 17.9 Å². The van der Waals surface area contributed by atoms with E-state index in [4.69, 9.17) is 4.74 Å². The molecule has 148 valence electrons. The van der Waals surface area contributed by atoms with Gasteiger partial charge in [-0.25, -0.2) is 0 Å². The van der Waals surface area contributed by atoms with Gasteiger partial charge in [0.1, 0.15) is 12.0 Å². The van der Waals surface area contributed by atoms with Crippen molar-refractivity contribution in [2.75, 3.05) is 37.7 Å². The molecule has 1 aliphatic heterocycles. The SMILES string of the molecule is Cc1ccc(OCCC(=O)N2CCN(c3cc(C)c(C=O)cc3C)CC2)cc1. The first kappa shape index (κ1) is 19.9. The molecule has 5 heteroatoms. The minimum Gasteiger partial charge on any atom is -0.493 e. The second-order valence-electron chi connectivity index (χ2n) is 7.39. The van der Waals surface area contributed by atoms with Crippen molar-refractivity contribution in [1.29, 1.82) is 0 Å². The number of carbonyl (C=O) groups is 2. The summed E-state index contributed by atoms with van der Waals surface area (Å²) in [7, 11) is 0. The maximum Gasteiger partial charge on any atom is 0.226 e. The predicted octanol–water partition coefficient (Wildman–Crippen LogP) is 3.54. The number of anilines is 1. The number of hydrogen-bond donors (Lipinski definition) is 0. The van der Waals surface area contributed by atoms with Crippen molar-refractivity contribution in [3.63, 3.8) is 0 Å². The van der Waals surface area contributed by atoms with Crippen LogP contribution in [0.4, 0.5) is 5.69 Å². The lowest BCUT2D eigenvalue weighted by molar-refractivity contribution is -0.132. The number of piperazine rings is 1. The van der Waals surface area contributed by atoms with Crippen molar-refractivity contribution < 1.29 is 14.3 Å². The topological polar surface area (TPSA) is 49.9 Å². The van der Waals surface area contributed by atoms with Crippen molar-refractivity contribution in [3.05, 3.63) is 58.7 Å². The third kappa shape index (κ3) is 4.71. The Kier molecular flexibility index (Phi) is 6.34. The van der Waals surface area contributed by atoms with Crippen LogP contribution >= 0.6 is 0 Å². The van der Waals surface area contributed by atoms with Crippen LogP contribution in [0.2, 0.25) is 0 Å². The Morgan fingerprint density at radius 2 is 1.68 bits per heavy atom. The third-order valence-corrected chi connectivity index (χ3v) is 5.29. The van der Waals surface area contributed by atoms with Gasteiger partial charge in [0.15, 0.2) is 0 Å². The lowest BCUT2D eigenvalue weighted by Crippen LogP contribution is -2.49. The number of aryl methyl sites for hydroxylation is 3. The fourth-order valence-electron chi connectivity index (χ4n) is 3.54. The number of rotatable bonds is 6. The Bertz CT molecular complexity index is 838. The van der Waals surface area contributed by atoms with Crippen LogP contribution in [-0.2, 0) is 4.79 Å². The summed E-state index contributed by atoms with van der Waals surface area (Å²) in [6.45, 7) is 9.42. The van der Waals surface area contributed by atoms with Crippen LogP contribution in [0.3, 0.4) is 0 Å². The molecule has 1 fully saturated rings. The molecule has 0 unspecified atom stereocenters. The molecule has 0 aromatic heterocycles. The van der Waals surface area contributed by atoms with Gasteiger partial charge in [0.2, 0.25) is 5.91 Å². The summed E-state index contributed by atoms with van der Waals surface area (Å²) in [5.74, 6) is 0.934. The molecular formula is C23H28N2O3. The highest BCUT2D eigenvalue weighted by Gasteiger charge is 2.22. The zero-order valence-electron chi connectivity index (χ0n) is 16.9. The van der Waals surface area contributed by atoms with Gasteiger partial charge in [-0.15, -0.1) is 0 Å². The van der Waals surface area contributed by atoms with E-state index >= 15 is 0 Å². The number of carbonyl (C=O) groups excluding carboxylic acids is 2. The number of benzene rings is 2. The fourth-order valence-corrected chi connectivity index (χ4v) is 3.54. The Morgan fingerprint density at radius 1 is 1.00 bits per heavy atom. The van der Waals surface area contributed by atoms with Crippen LogP contribution in [0.1, 0.15) is 33.5 Å². The molecule has 0 atom stereocenters. The van der Waals surface area contributed by atoms with Gasteiger partial charge < -0.3 is 14.5 Å². The summed E-state index contributed by atoms with van der Waals surface area (Å²) in [5, 5.41) is 0. The van der Waals surface area contributed by atoms with Gasteiger partial charge in [-0.3, -0.25) is 9.59 Å². The molecular weight excluding hydrogens is 352 g/mol. The Hall–Kier alpha value is -2.82. The maximum atomic E-state index is 12.5. The van der Waals surface area contributed by atoms with E-state index in [1.54, 1.807) is 0 Å². The molecule has 3 rings (SSSR count). The van der Waals surface area contributed by atoms with E-state index in [-0.39, 0.29) is 5.91 Å². The summed E-state index contributed by atoms with van der Waals surface area (Å²) in [4.78, 5) is 27.8. The highest BCUT2D eigenvalue weighted by Crippen LogP contribution is 2.25. The molecule has 5 nitrogen and oxygen atoms in total. The molecule has 0 spiro atoms. The van der Waals surface area contributed by atoms with Crippen molar-refractivity contribution in [2.24, 2.45) is 0 Å². The molecule has 28 heavy (non-hydrogen) atoms. The zero-order chi connectivity index (χ0) is 20.1. The molecule has 0 aliphatic carbocycles. The first-order valence-electron chi connectivity index (χ1n) is 9.76. The van der Waals surface area contributed by atoms with E-state index in [0.717, 1.165) is 47.5 Å². The minimum absolute atomic E-state index is 0.135. The first-order chi connectivity index (χ1) is 13.5. The average Bonchev–Trinajstić information content (AvgIpc) is 2.71. The molecule has 1 amide bonds. The maximum absolute atomic E-state index is 12.5. The highest BCUT2D eigenvalue weighted by atomic mass is 16.5. The van der Waals surface area contributed by atoms with Gasteiger partial charge in [-0.05, 0) is 56.2 Å². The second kappa shape index (κ2) is 8.91. The number of amides is 1. The van der Waals surface area contributed by atoms with E-state index in [1.165, 1.54) is 5.56 Å². The van der Waals surface area contributed by atoms with E-state index in [2.05, 4.69) is 11.0 Å². The van der Waals surface area contributed by atoms with Crippen LogP contribution in [0, 0.1) is 20.8 Å². The van der Waals surface area contributed by atoms with Gasteiger partial charge in [0.05, 0.1) is 13.0 Å². The Morgan fingerprint density at radius 3 is 2.32 bits per heavy atom. The minimum atomic E-state index is 0.135. The number of aldehydes is 1. The summed E-state index contributed by atoms with van der Waals surface area (Å²) >= 11 is 0. The van der Waals surface area contributed by atoms with E-state index < -0.39 is 0 Å². The standard InChI is InChI=1S/C23H28N2O3/c1-17-4-6-21(7-5-17)28-13-8-23(27)25-11-9-24(10-12-25)22-15-18(2)20(16-26)14-19(22)3/h4-7,14-16H,8-13H2,1-3H3. The first-order valence-corrected chi connectivity index (χ1v) is 9.76. The van der Waals surface area contributed by atoms with E-state index in [1.807, 2.05) is 56.0 Å². The lowest BCUT2D eigenvalue weighted by atomic mass is 10.0. The number of ether oxygens (including phenoxy) is 1. The van der Waals surface area contributed by atoms with Crippen LogP contribution in [0.5, 0.6) is 5.75 Å². The molecule has 0 N–H and O–H groups in total. The number of nitrogens with zero attached hydrogens (tertiary/aromatic N) is 2. The second-order valence-corrected chi connectivity index (χ2v) is 7.39. The van der Waals surface area contributed by atoms with Crippen molar-refractivity contribution in [3.8, 4) is 5.75 Å². The summed E-state index contributed by atoms with van der Waals surface area (Å²) < 4.78 is 5.68. The lowest BCUT2D eigenvalue weighted by Gasteiger charge is -2.37. The summed E-state index contributed by atoms with van der Waals surface area (Å²) in [6, 6.07) is 11.9. The highest BCUT2D eigenvalue weighted by molar-refractivity contribution is 5.80. The third-order valence-electron chi connectivity index (χ3n) is 5.29. The molecule has 0 saturated carbocycles. The van der Waals surface area contributed by atoms with Gasteiger partial charge >= 0.3 is 0 Å². The zero-order valence-corrected chi connectivity index (χ0v) is 16.9. The average molecular weight is 380 g/mol. The largest absolute Gasteiger partial charge is 0.493 e. The quantitative estimate of drug-likeness (QED) is 0.719. The van der Waals surface area contributed by atoms with Crippen LogP contribution in [-0.4, -0.2) is 49.9 Å². The molecule has 1 heterocycles. The fraction of sp³-hybridized carbons (Fsp3) is 0.391. The van der Waals surface area contributed by atoms with Crippen LogP contribution < -0.4 is 9.64 Å². The Labute approximate surface area is 166 Å². The van der Waals surface area contributed by atoms with Crippen LogP contribution in [0.15, 0.2) is 36.4 Å². The molecule has 2 aromatic carbocycles. The van der Waals surface area contributed by atoms with Crippen molar-refractivity contribution in [2.45, 2.75) is 27.2 Å². The van der Waals surface area contributed by atoms with Crippen molar-refractivity contribution in [1.82, 2.24) is 4.90 Å². The van der Waals surface area contributed by atoms with E-state index in [9.17, 15) is 9.59 Å². The monoisotopic (exact) mass is 380 g/mol. The molecule has 1 saturated heterocycles. The molecule has 2 aromatic rings. The molecule has 1 aliphatic rings. The summed E-state index contributed by atoms with van der Waals surface area (Å²) in [5.41, 5.74) is 5.16. The predicted molar refractivity (Wildman–Crippen MR) is 111 cm³/mol. The van der Waals surface area contributed by atoms with Gasteiger partial charge in [0.25, 0.3) is 0 Å². The molecule has 0 radical (unpaired) electrons. The van der Waals surface area contributed by atoms with Gasteiger partial charge in [-0.1, -0.05) is 17.7 Å². The van der Waals surface area contributed by atoms with Gasteiger partial charge in [0, 0.05) is 37.4 Å². The normalized spacial score (nSPS) is 14.1. The van der Waals surface area contributed by atoms with Crippen LogP contribution in [0.25, 0.3) is 0 Å². The molecule has 0 bridgehead atoms. The summed E-state index contributed by atoms with van der Waals surface area (Å²) in [6.07, 6.45) is 1.29. The van der Waals surface area contributed by atoms with E-state index in [0.29, 0.717) is 26.1 Å². The Balaban J connectivity index is 1.49. The van der Waals surface area contributed by atoms with Gasteiger partial charge in [-0.2, -0.15) is 0 Å². The number of hydrogen-bond acceptors (Lipinski definition) is 4. The smallest absolute Gasteiger partial charge is 0.226 e.